The number of nitrogens with zero attached hydrogens (tertiary/aromatic N) is 2. The lowest BCUT2D eigenvalue weighted by Crippen LogP contribution is -2.18. The molecule has 6 nitrogen and oxygen atoms in total. The summed E-state index contributed by atoms with van der Waals surface area (Å²) in [6.45, 7) is 6.32. The zero-order valence-corrected chi connectivity index (χ0v) is 12.2. The van der Waals surface area contributed by atoms with Crippen LogP contribution in [0.2, 0.25) is 0 Å². The van der Waals surface area contributed by atoms with E-state index in [0.717, 1.165) is 12.8 Å². The third-order valence-electron chi connectivity index (χ3n) is 3.27. The van der Waals surface area contributed by atoms with E-state index in [1.807, 2.05) is 6.92 Å². The Morgan fingerprint density at radius 3 is 2.55 bits per heavy atom. The standard InChI is InChI=1S/C14H21N3O3/c1-4-19-11(9-6-7-9)13-16-8(3)10(12(15)17-13)14(18)20-5-2/h9,11H,4-7H2,1-3H3,(H2,15,16,17). The molecule has 1 aromatic heterocycles. The Hall–Kier alpha value is -1.69. The summed E-state index contributed by atoms with van der Waals surface area (Å²) < 4.78 is 10.7. The number of hydrogen-bond donors (Lipinski definition) is 1. The zero-order chi connectivity index (χ0) is 14.7. The average Bonchev–Trinajstić information content (AvgIpc) is 3.19. The van der Waals surface area contributed by atoms with Crippen LogP contribution in [0.3, 0.4) is 0 Å². The molecule has 1 aliphatic rings. The van der Waals surface area contributed by atoms with Crippen molar-refractivity contribution < 1.29 is 14.3 Å². The zero-order valence-electron chi connectivity index (χ0n) is 12.2. The summed E-state index contributed by atoms with van der Waals surface area (Å²) in [7, 11) is 0. The Balaban J connectivity index is 2.31. The summed E-state index contributed by atoms with van der Waals surface area (Å²) in [6.07, 6.45) is 2.11. The van der Waals surface area contributed by atoms with Gasteiger partial charge in [-0.25, -0.2) is 14.8 Å². The molecule has 20 heavy (non-hydrogen) atoms. The molecule has 0 saturated heterocycles. The lowest BCUT2D eigenvalue weighted by atomic mass is 10.1. The van der Waals surface area contributed by atoms with Gasteiger partial charge in [0, 0.05) is 6.61 Å². The van der Waals surface area contributed by atoms with Crippen LogP contribution in [-0.2, 0) is 9.47 Å². The number of anilines is 1. The van der Waals surface area contributed by atoms with Crippen LogP contribution in [0.5, 0.6) is 0 Å². The van der Waals surface area contributed by atoms with Crippen LogP contribution in [0.4, 0.5) is 5.82 Å². The van der Waals surface area contributed by atoms with Crippen molar-refractivity contribution >= 4 is 11.8 Å². The van der Waals surface area contributed by atoms with E-state index in [1.165, 1.54) is 0 Å². The fraction of sp³-hybridized carbons (Fsp3) is 0.643. The van der Waals surface area contributed by atoms with Gasteiger partial charge in [-0.05, 0) is 39.5 Å². The van der Waals surface area contributed by atoms with Crippen LogP contribution in [0, 0.1) is 12.8 Å². The van der Waals surface area contributed by atoms with Gasteiger partial charge in [-0.3, -0.25) is 0 Å². The van der Waals surface area contributed by atoms with E-state index < -0.39 is 5.97 Å². The maximum Gasteiger partial charge on any atom is 0.343 e. The average molecular weight is 279 g/mol. The molecule has 1 atom stereocenters. The van der Waals surface area contributed by atoms with Crippen LogP contribution < -0.4 is 5.73 Å². The molecule has 0 aliphatic heterocycles. The highest BCUT2D eigenvalue weighted by molar-refractivity contribution is 5.95. The van der Waals surface area contributed by atoms with Crippen LogP contribution in [0.1, 0.15) is 54.7 Å². The smallest absolute Gasteiger partial charge is 0.343 e. The minimum atomic E-state index is -0.478. The number of rotatable bonds is 6. The number of carbonyl (C=O) groups excluding carboxylic acids is 1. The normalized spacial score (nSPS) is 15.9. The summed E-state index contributed by atoms with van der Waals surface area (Å²) in [6, 6.07) is 0. The fourth-order valence-corrected chi connectivity index (χ4v) is 2.20. The molecule has 1 aliphatic carbocycles. The van der Waals surface area contributed by atoms with E-state index in [-0.39, 0.29) is 17.5 Å². The quantitative estimate of drug-likeness (QED) is 0.802. The first kappa shape index (κ1) is 14.7. The Morgan fingerprint density at radius 2 is 2.05 bits per heavy atom. The van der Waals surface area contributed by atoms with E-state index in [9.17, 15) is 4.79 Å². The lowest BCUT2D eigenvalue weighted by molar-refractivity contribution is 0.0396. The van der Waals surface area contributed by atoms with Crippen LogP contribution in [-0.4, -0.2) is 29.2 Å². The number of carbonyl (C=O) groups is 1. The predicted octanol–water partition coefficient (Wildman–Crippen LogP) is 2.03. The number of aromatic nitrogens is 2. The first-order valence-corrected chi connectivity index (χ1v) is 7.01. The van der Waals surface area contributed by atoms with E-state index >= 15 is 0 Å². The van der Waals surface area contributed by atoms with Crippen LogP contribution in [0.15, 0.2) is 0 Å². The molecule has 1 unspecified atom stereocenters. The molecule has 0 radical (unpaired) electrons. The van der Waals surface area contributed by atoms with Crippen LogP contribution in [0.25, 0.3) is 0 Å². The summed E-state index contributed by atoms with van der Waals surface area (Å²) in [5, 5.41) is 0. The predicted molar refractivity (Wildman–Crippen MR) is 74.2 cm³/mol. The third kappa shape index (κ3) is 3.07. The molecule has 0 amide bonds. The van der Waals surface area contributed by atoms with Gasteiger partial charge in [-0.15, -0.1) is 0 Å². The van der Waals surface area contributed by atoms with Gasteiger partial charge in [0.05, 0.1) is 12.3 Å². The monoisotopic (exact) mass is 279 g/mol. The Morgan fingerprint density at radius 1 is 1.35 bits per heavy atom. The molecular weight excluding hydrogens is 258 g/mol. The van der Waals surface area contributed by atoms with Crippen molar-refractivity contribution in [2.45, 2.75) is 39.7 Å². The first-order chi connectivity index (χ1) is 9.58. The van der Waals surface area contributed by atoms with Gasteiger partial charge in [0.1, 0.15) is 17.5 Å². The maximum absolute atomic E-state index is 11.8. The van der Waals surface area contributed by atoms with Crippen molar-refractivity contribution in [3.8, 4) is 0 Å². The topological polar surface area (TPSA) is 87.3 Å². The third-order valence-corrected chi connectivity index (χ3v) is 3.27. The van der Waals surface area contributed by atoms with Crippen LogP contribution >= 0.6 is 0 Å². The second-order valence-corrected chi connectivity index (χ2v) is 4.86. The SMILES string of the molecule is CCOC(=O)c1c(C)nc(C(OCC)C2CC2)nc1N. The molecule has 0 aromatic carbocycles. The molecule has 1 aromatic rings. The Labute approximate surface area is 118 Å². The van der Waals surface area contributed by atoms with Gasteiger partial charge in [0.25, 0.3) is 0 Å². The number of nitrogens with two attached hydrogens (primary N) is 1. The molecule has 2 N–H and O–H groups in total. The maximum atomic E-state index is 11.8. The number of esters is 1. The van der Waals surface area contributed by atoms with Gasteiger partial charge in [-0.2, -0.15) is 0 Å². The summed E-state index contributed by atoms with van der Waals surface area (Å²) in [4.78, 5) is 20.5. The molecule has 0 spiro atoms. The molecule has 0 bridgehead atoms. The van der Waals surface area contributed by atoms with Gasteiger partial charge in [0.15, 0.2) is 5.82 Å². The molecule has 110 valence electrons. The Bertz CT molecular complexity index is 477. The molecule has 1 saturated carbocycles. The number of nitrogen functional groups attached to an aromatic ring is 1. The highest BCUT2D eigenvalue weighted by Gasteiger charge is 2.35. The number of ether oxygens (including phenoxy) is 2. The van der Waals surface area contributed by atoms with E-state index in [1.54, 1.807) is 13.8 Å². The summed E-state index contributed by atoms with van der Waals surface area (Å²) in [5.74, 6) is 0.712. The summed E-state index contributed by atoms with van der Waals surface area (Å²) in [5.41, 5.74) is 6.69. The second-order valence-electron chi connectivity index (χ2n) is 4.86. The first-order valence-electron chi connectivity index (χ1n) is 7.01. The van der Waals surface area contributed by atoms with E-state index in [2.05, 4.69) is 9.97 Å². The fourth-order valence-electron chi connectivity index (χ4n) is 2.20. The van der Waals surface area contributed by atoms with Gasteiger partial charge in [-0.1, -0.05) is 0 Å². The number of aryl methyl sites for hydroxylation is 1. The van der Waals surface area contributed by atoms with E-state index in [0.29, 0.717) is 30.7 Å². The van der Waals surface area contributed by atoms with Crippen molar-refractivity contribution in [3.63, 3.8) is 0 Å². The van der Waals surface area contributed by atoms with Crippen molar-refractivity contribution in [3.05, 3.63) is 17.1 Å². The molecule has 2 rings (SSSR count). The second kappa shape index (κ2) is 6.17. The molecular formula is C14H21N3O3. The highest BCUT2D eigenvalue weighted by Crippen LogP contribution is 2.42. The largest absolute Gasteiger partial charge is 0.462 e. The van der Waals surface area contributed by atoms with Crippen molar-refractivity contribution in [2.75, 3.05) is 18.9 Å². The summed E-state index contributed by atoms with van der Waals surface area (Å²) >= 11 is 0. The number of hydrogen-bond acceptors (Lipinski definition) is 6. The van der Waals surface area contributed by atoms with E-state index in [4.69, 9.17) is 15.2 Å². The molecule has 6 heteroatoms. The highest BCUT2D eigenvalue weighted by atomic mass is 16.5. The Kier molecular flexibility index (Phi) is 4.54. The van der Waals surface area contributed by atoms with Gasteiger partial charge >= 0.3 is 5.97 Å². The molecule has 1 heterocycles. The van der Waals surface area contributed by atoms with Crippen molar-refractivity contribution in [1.29, 1.82) is 0 Å². The van der Waals surface area contributed by atoms with Gasteiger partial charge in [0.2, 0.25) is 0 Å². The lowest BCUT2D eigenvalue weighted by Gasteiger charge is -2.17. The molecule has 1 fully saturated rings. The van der Waals surface area contributed by atoms with Crippen molar-refractivity contribution in [1.82, 2.24) is 9.97 Å². The van der Waals surface area contributed by atoms with Gasteiger partial charge < -0.3 is 15.2 Å². The van der Waals surface area contributed by atoms with Crippen molar-refractivity contribution in [2.24, 2.45) is 5.92 Å². The minimum Gasteiger partial charge on any atom is -0.462 e. The minimum absolute atomic E-state index is 0.128.